The summed E-state index contributed by atoms with van der Waals surface area (Å²) in [5.41, 5.74) is 0. The van der Waals surface area contributed by atoms with Gasteiger partial charge in [-0.1, -0.05) is 22.9 Å². The Morgan fingerprint density at radius 1 is 1.45 bits per heavy atom. The summed E-state index contributed by atoms with van der Waals surface area (Å²) in [7, 11) is -3.11. The molecule has 2 heterocycles. The van der Waals surface area contributed by atoms with Crippen molar-refractivity contribution in [1.82, 2.24) is 9.71 Å². The fraction of sp³-hybridized carbons (Fsp3) is 0.615. The van der Waals surface area contributed by atoms with Gasteiger partial charge in [-0.3, -0.25) is 0 Å². The molecule has 0 unspecified atom stereocenters. The van der Waals surface area contributed by atoms with E-state index < -0.39 is 10.0 Å². The van der Waals surface area contributed by atoms with Crippen molar-refractivity contribution in [3.05, 3.63) is 22.8 Å². The molecule has 1 aliphatic rings. The second-order valence-corrected chi connectivity index (χ2v) is 7.82. The summed E-state index contributed by atoms with van der Waals surface area (Å²) >= 11 is 3.44. The fourth-order valence-corrected chi connectivity index (χ4v) is 4.10. The molecule has 0 radical (unpaired) electrons. The van der Waals surface area contributed by atoms with Crippen LogP contribution >= 0.6 is 15.9 Å². The normalized spacial score (nSPS) is 17.4. The Balaban J connectivity index is 1.90. The first kappa shape index (κ1) is 15.7. The zero-order valence-electron chi connectivity index (χ0n) is 11.5. The summed E-state index contributed by atoms with van der Waals surface area (Å²) in [6.45, 7) is 3.52. The van der Waals surface area contributed by atoms with Crippen LogP contribution in [-0.4, -0.2) is 38.3 Å². The van der Waals surface area contributed by atoms with Crippen LogP contribution in [0.1, 0.15) is 26.2 Å². The number of hydrogen-bond donors (Lipinski definition) is 1. The molecule has 1 aromatic rings. The van der Waals surface area contributed by atoms with Crippen molar-refractivity contribution in [3.63, 3.8) is 0 Å². The zero-order chi connectivity index (χ0) is 14.6. The predicted molar refractivity (Wildman–Crippen MR) is 84.4 cm³/mol. The van der Waals surface area contributed by atoms with E-state index in [0.29, 0.717) is 6.42 Å². The monoisotopic (exact) mass is 361 g/mol. The summed E-state index contributed by atoms with van der Waals surface area (Å²) in [4.78, 5) is 6.54. The Morgan fingerprint density at radius 2 is 2.15 bits per heavy atom. The lowest BCUT2D eigenvalue weighted by Gasteiger charge is -2.33. The number of sulfonamides is 1. The minimum absolute atomic E-state index is 0.0509. The summed E-state index contributed by atoms with van der Waals surface area (Å²) < 4.78 is 27.3. The lowest BCUT2D eigenvalue weighted by molar-refractivity contribution is 0.458. The summed E-state index contributed by atoms with van der Waals surface area (Å²) in [6, 6.07) is 3.94. The van der Waals surface area contributed by atoms with E-state index in [1.807, 2.05) is 19.1 Å². The Kier molecular flexibility index (Phi) is 5.40. The molecule has 0 amide bonds. The van der Waals surface area contributed by atoms with Gasteiger partial charge in [0.15, 0.2) is 0 Å². The maximum absolute atomic E-state index is 11.8. The summed E-state index contributed by atoms with van der Waals surface area (Å²) in [6.07, 6.45) is 4.06. The van der Waals surface area contributed by atoms with E-state index in [9.17, 15) is 8.42 Å². The topological polar surface area (TPSA) is 62.3 Å². The molecule has 0 atom stereocenters. The van der Waals surface area contributed by atoms with Gasteiger partial charge in [0.2, 0.25) is 10.0 Å². The molecule has 1 N–H and O–H groups in total. The molecule has 112 valence electrons. The Bertz CT molecular complexity index is 542. The molecule has 7 heteroatoms. The molecular weight excluding hydrogens is 342 g/mol. The number of rotatable bonds is 5. The second kappa shape index (κ2) is 6.87. The van der Waals surface area contributed by atoms with Crippen molar-refractivity contribution in [2.45, 2.75) is 32.2 Å². The number of pyridine rings is 1. The summed E-state index contributed by atoms with van der Waals surface area (Å²) in [5, 5.41) is 0. The van der Waals surface area contributed by atoms with E-state index in [2.05, 4.69) is 30.5 Å². The van der Waals surface area contributed by atoms with Crippen LogP contribution in [0.3, 0.4) is 0 Å². The third-order valence-electron chi connectivity index (χ3n) is 3.35. The maximum atomic E-state index is 11.8. The average molecular weight is 362 g/mol. The molecule has 1 saturated heterocycles. The van der Waals surface area contributed by atoms with Gasteiger partial charge >= 0.3 is 0 Å². The molecule has 1 aliphatic heterocycles. The van der Waals surface area contributed by atoms with Crippen LogP contribution in [0.15, 0.2) is 22.8 Å². The molecule has 0 aromatic carbocycles. The molecular formula is C13H20BrN3O2S. The number of nitrogens with one attached hydrogen (secondary N) is 1. The average Bonchev–Trinajstić information content (AvgIpc) is 2.39. The first-order valence-electron chi connectivity index (χ1n) is 6.86. The lowest BCUT2D eigenvalue weighted by Crippen LogP contribution is -2.45. The van der Waals surface area contributed by atoms with Crippen molar-refractivity contribution < 1.29 is 8.42 Å². The number of nitrogens with zero attached hydrogens (tertiary/aromatic N) is 2. The van der Waals surface area contributed by atoms with Crippen LogP contribution in [-0.2, 0) is 10.0 Å². The van der Waals surface area contributed by atoms with Crippen LogP contribution < -0.4 is 9.62 Å². The van der Waals surface area contributed by atoms with Gasteiger partial charge in [0.05, 0.1) is 5.75 Å². The maximum Gasteiger partial charge on any atom is 0.211 e. The van der Waals surface area contributed by atoms with Crippen molar-refractivity contribution >= 4 is 31.8 Å². The van der Waals surface area contributed by atoms with Crippen molar-refractivity contribution in [2.24, 2.45) is 0 Å². The quantitative estimate of drug-likeness (QED) is 0.872. The van der Waals surface area contributed by atoms with Gasteiger partial charge in [-0.05, 0) is 31.4 Å². The summed E-state index contributed by atoms with van der Waals surface area (Å²) in [5.74, 6) is 1.15. The molecule has 1 aromatic heterocycles. The van der Waals surface area contributed by atoms with Crippen LogP contribution in [0.25, 0.3) is 0 Å². The first-order valence-corrected chi connectivity index (χ1v) is 9.31. The largest absolute Gasteiger partial charge is 0.356 e. The van der Waals surface area contributed by atoms with Crippen molar-refractivity contribution in [3.8, 4) is 0 Å². The van der Waals surface area contributed by atoms with E-state index >= 15 is 0 Å². The van der Waals surface area contributed by atoms with Gasteiger partial charge in [0, 0.05) is 29.8 Å². The molecule has 20 heavy (non-hydrogen) atoms. The van der Waals surface area contributed by atoms with Gasteiger partial charge in [0.25, 0.3) is 0 Å². The van der Waals surface area contributed by atoms with Crippen LogP contribution in [0.4, 0.5) is 5.82 Å². The van der Waals surface area contributed by atoms with E-state index in [4.69, 9.17) is 0 Å². The van der Waals surface area contributed by atoms with Crippen LogP contribution in [0.2, 0.25) is 0 Å². The molecule has 1 fully saturated rings. The second-order valence-electron chi connectivity index (χ2n) is 5.03. The molecule has 2 rings (SSSR count). The minimum atomic E-state index is -3.11. The standard InChI is InChI=1S/C13H20BrN3O2S/c1-2-9-20(18,19)16-12-4-7-17(8-5-12)13-10-11(14)3-6-15-13/h3,6,10,12,16H,2,4-5,7-9H2,1H3. The van der Waals surface area contributed by atoms with E-state index in [0.717, 1.165) is 36.2 Å². The SMILES string of the molecule is CCCS(=O)(=O)NC1CCN(c2cc(Br)ccn2)CC1. The first-order chi connectivity index (χ1) is 9.50. The third-order valence-corrected chi connectivity index (χ3v) is 5.48. The Hall–Kier alpha value is -0.660. The molecule has 0 aliphatic carbocycles. The molecule has 0 spiro atoms. The van der Waals surface area contributed by atoms with Crippen LogP contribution in [0.5, 0.6) is 0 Å². The lowest BCUT2D eigenvalue weighted by atomic mass is 10.1. The number of anilines is 1. The number of aromatic nitrogens is 1. The van der Waals surface area contributed by atoms with Crippen LogP contribution in [0, 0.1) is 0 Å². The number of halogens is 1. The third kappa shape index (κ3) is 4.43. The smallest absolute Gasteiger partial charge is 0.211 e. The molecule has 5 nitrogen and oxygen atoms in total. The highest BCUT2D eigenvalue weighted by Crippen LogP contribution is 2.21. The number of piperidine rings is 1. The highest BCUT2D eigenvalue weighted by atomic mass is 79.9. The van der Waals surface area contributed by atoms with E-state index in [1.165, 1.54) is 0 Å². The van der Waals surface area contributed by atoms with E-state index in [1.54, 1.807) is 6.20 Å². The molecule has 0 bridgehead atoms. The predicted octanol–water partition coefficient (Wildman–Crippen LogP) is 2.14. The Morgan fingerprint density at radius 3 is 2.75 bits per heavy atom. The zero-order valence-corrected chi connectivity index (χ0v) is 14.0. The van der Waals surface area contributed by atoms with Crippen molar-refractivity contribution in [1.29, 1.82) is 0 Å². The minimum Gasteiger partial charge on any atom is -0.356 e. The van der Waals surface area contributed by atoms with Crippen molar-refractivity contribution in [2.75, 3.05) is 23.7 Å². The van der Waals surface area contributed by atoms with Gasteiger partial charge in [-0.2, -0.15) is 0 Å². The van der Waals surface area contributed by atoms with E-state index in [-0.39, 0.29) is 11.8 Å². The highest BCUT2D eigenvalue weighted by Gasteiger charge is 2.23. The van der Waals surface area contributed by atoms with Gasteiger partial charge in [0.1, 0.15) is 5.82 Å². The van der Waals surface area contributed by atoms with Gasteiger partial charge in [-0.25, -0.2) is 18.1 Å². The van der Waals surface area contributed by atoms with Gasteiger partial charge < -0.3 is 4.90 Å². The number of hydrogen-bond acceptors (Lipinski definition) is 4. The highest BCUT2D eigenvalue weighted by molar-refractivity contribution is 9.10. The fourth-order valence-electron chi connectivity index (χ4n) is 2.37. The Labute approximate surface area is 129 Å². The van der Waals surface area contributed by atoms with Gasteiger partial charge in [-0.15, -0.1) is 0 Å². The molecule has 0 saturated carbocycles.